The maximum absolute atomic E-state index is 11.7. The Labute approximate surface area is 153 Å². The van der Waals surface area contributed by atoms with Crippen molar-refractivity contribution in [3.63, 3.8) is 0 Å². The molecule has 2 rings (SSSR count). The van der Waals surface area contributed by atoms with Gasteiger partial charge < -0.3 is 14.6 Å². The Bertz CT molecular complexity index is 762. The van der Waals surface area contributed by atoms with E-state index in [0.29, 0.717) is 20.6 Å². The molecule has 24 heavy (non-hydrogen) atoms. The van der Waals surface area contributed by atoms with E-state index in [9.17, 15) is 9.90 Å². The van der Waals surface area contributed by atoms with Crippen LogP contribution in [0.1, 0.15) is 11.1 Å². The van der Waals surface area contributed by atoms with Crippen molar-refractivity contribution in [2.45, 2.75) is 6.92 Å². The highest BCUT2D eigenvalue weighted by atomic mass is 127. The minimum atomic E-state index is -0.366. The molecule has 0 unspecified atom stereocenters. The lowest BCUT2D eigenvalue weighted by molar-refractivity contribution is -0.123. The van der Waals surface area contributed by atoms with Crippen molar-refractivity contribution >= 4 is 34.7 Å². The van der Waals surface area contributed by atoms with Gasteiger partial charge in [-0.25, -0.2) is 5.43 Å². The second kappa shape index (κ2) is 8.53. The number of halogens is 1. The summed E-state index contributed by atoms with van der Waals surface area (Å²) in [5.41, 5.74) is 4.04. The smallest absolute Gasteiger partial charge is 0.277 e. The summed E-state index contributed by atoms with van der Waals surface area (Å²) in [4.78, 5) is 11.7. The lowest BCUT2D eigenvalue weighted by Gasteiger charge is -2.07. The fraction of sp³-hybridized carbons (Fsp3) is 0.176. The molecule has 0 bridgehead atoms. The molecule has 0 atom stereocenters. The number of aryl methyl sites for hydroxylation is 1. The minimum absolute atomic E-state index is 0.0749. The topological polar surface area (TPSA) is 80.2 Å². The third kappa shape index (κ3) is 4.85. The van der Waals surface area contributed by atoms with Gasteiger partial charge in [0.05, 0.1) is 16.9 Å². The number of rotatable bonds is 6. The minimum Gasteiger partial charge on any atom is -0.504 e. The first-order valence-electron chi connectivity index (χ1n) is 7.08. The number of nitrogens with zero attached hydrogens (tertiary/aromatic N) is 1. The van der Waals surface area contributed by atoms with Crippen LogP contribution < -0.4 is 14.9 Å². The van der Waals surface area contributed by atoms with Gasteiger partial charge in [0.2, 0.25) is 0 Å². The number of methoxy groups -OCH3 is 1. The SMILES string of the molecule is COc1cc(C=NNC(=O)COc2ccccc2C)cc(I)c1O. The molecule has 0 heterocycles. The molecular weight excluding hydrogens is 423 g/mol. The number of benzene rings is 2. The Kier molecular flexibility index (Phi) is 6.42. The lowest BCUT2D eigenvalue weighted by Crippen LogP contribution is -2.24. The highest BCUT2D eigenvalue weighted by Crippen LogP contribution is 2.31. The Morgan fingerprint density at radius 1 is 1.33 bits per heavy atom. The number of hydrogen-bond acceptors (Lipinski definition) is 5. The third-order valence-electron chi connectivity index (χ3n) is 3.13. The monoisotopic (exact) mass is 440 g/mol. The van der Waals surface area contributed by atoms with Crippen molar-refractivity contribution in [1.29, 1.82) is 0 Å². The number of carbonyl (C=O) groups excluding carboxylic acids is 1. The van der Waals surface area contributed by atoms with Crippen LogP contribution in [0.2, 0.25) is 0 Å². The van der Waals surface area contributed by atoms with Gasteiger partial charge in [0.15, 0.2) is 18.1 Å². The molecule has 0 aliphatic carbocycles. The molecule has 0 spiro atoms. The van der Waals surface area contributed by atoms with Crippen LogP contribution in [-0.2, 0) is 4.79 Å². The summed E-state index contributed by atoms with van der Waals surface area (Å²) in [5, 5.41) is 13.7. The van der Waals surface area contributed by atoms with Gasteiger partial charge in [-0.3, -0.25) is 4.79 Å². The maximum atomic E-state index is 11.7. The van der Waals surface area contributed by atoms with Crippen LogP contribution in [0.3, 0.4) is 0 Å². The summed E-state index contributed by atoms with van der Waals surface area (Å²) in [6.07, 6.45) is 1.47. The van der Waals surface area contributed by atoms with Crippen molar-refractivity contribution in [3.8, 4) is 17.2 Å². The summed E-state index contributed by atoms with van der Waals surface area (Å²) in [5.74, 6) is 0.716. The molecule has 0 aromatic heterocycles. The zero-order chi connectivity index (χ0) is 17.5. The van der Waals surface area contributed by atoms with Crippen molar-refractivity contribution in [2.24, 2.45) is 5.10 Å². The molecule has 2 aromatic carbocycles. The second-order valence-electron chi connectivity index (χ2n) is 4.90. The number of hydrogen-bond donors (Lipinski definition) is 2. The van der Waals surface area contributed by atoms with Gasteiger partial charge in [0.1, 0.15) is 5.75 Å². The van der Waals surface area contributed by atoms with E-state index in [1.54, 1.807) is 18.2 Å². The van der Waals surface area contributed by atoms with E-state index in [2.05, 4.69) is 10.5 Å². The first-order chi connectivity index (χ1) is 11.5. The summed E-state index contributed by atoms with van der Waals surface area (Å²) in [6.45, 7) is 1.78. The largest absolute Gasteiger partial charge is 0.504 e. The Morgan fingerprint density at radius 3 is 2.79 bits per heavy atom. The number of nitrogens with one attached hydrogen (secondary N) is 1. The van der Waals surface area contributed by atoms with Crippen LogP contribution in [0.25, 0.3) is 0 Å². The van der Waals surface area contributed by atoms with Crippen molar-refractivity contribution in [3.05, 3.63) is 51.1 Å². The van der Waals surface area contributed by atoms with Gasteiger partial charge in [0.25, 0.3) is 5.91 Å². The molecule has 2 N–H and O–H groups in total. The molecule has 0 aliphatic heterocycles. The first kappa shape index (κ1) is 18.1. The van der Waals surface area contributed by atoms with Gasteiger partial charge in [0, 0.05) is 0 Å². The van der Waals surface area contributed by atoms with E-state index < -0.39 is 0 Å². The highest BCUT2D eigenvalue weighted by molar-refractivity contribution is 14.1. The summed E-state index contributed by atoms with van der Waals surface area (Å²) >= 11 is 1.99. The predicted molar refractivity (Wildman–Crippen MR) is 99.8 cm³/mol. The second-order valence-corrected chi connectivity index (χ2v) is 6.06. The molecule has 2 aromatic rings. The summed E-state index contributed by atoms with van der Waals surface area (Å²) in [7, 11) is 1.47. The normalized spacial score (nSPS) is 10.6. The quantitative estimate of drug-likeness (QED) is 0.412. The Balaban J connectivity index is 1.91. The Morgan fingerprint density at radius 2 is 2.08 bits per heavy atom. The molecule has 0 saturated heterocycles. The van der Waals surface area contributed by atoms with E-state index in [1.807, 2.05) is 47.7 Å². The van der Waals surface area contributed by atoms with Gasteiger partial charge in [-0.15, -0.1) is 0 Å². The highest BCUT2D eigenvalue weighted by Gasteiger charge is 2.07. The third-order valence-corrected chi connectivity index (χ3v) is 3.95. The van der Waals surface area contributed by atoms with E-state index in [1.165, 1.54) is 13.3 Å². The van der Waals surface area contributed by atoms with Gasteiger partial charge in [-0.2, -0.15) is 5.10 Å². The number of amides is 1. The average Bonchev–Trinajstić information content (AvgIpc) is 2.57. The lowest BCUT2D eigenvalue weighted by atomic mass is 10.2. The fourth-order valence-electron chi connectivity index (χ4n) is 1.90. The first-order valence-corrected chi connectivity index (χ1v) is 8.16. The number of aromatic hydroxyl groups is 1. The van der Waals surface area contributed by atoms with E-state index in [0.717, 1.165) is 5.56 Å². The molecule has 6 nitrogen and oxygen atoms in total. The van der Waals surface area contributed by atoms with Crippen LogP contribution in [0, 0.1) is 10.5 Å². The van der Waals surface area contributed by atoms with E-state index in [4.69, 9.17) is 9.47 Å². The van der Waals surface area contributed by atoms with Crippen molar-refractivity contribution in [1.82, 2.24) is 5.43 Å². The molecule has 0 fully saturated rings. The number of carbonyl (C=O) groups is 1. The van der Waals surface area contributed by atoms with Crippen molar-refractivity contribution in [2.75, 3.05) is 13.7 Å². The van der Waals surface area contributed by atoms with Gasteiger partial charge in [-0.05, 0) is 58.8 Å². The van der Waals surface area contributed by atoms with Crippen LogP contribution in [0.5, 0.6) is 17.2 Å². The standard InChI is InChI=1S/C17H17IN2O4/c1-11-5-3-4-6-14(11)24-10-16(21)20-19-9-12-7-13(18)17(22)15(8-12)23-2/h3-9,22H,10H2,1-2H3,(H,20,21). The molecule has 0 radical (unpaired) electrons. The van der Waals surface area contributed by atoms with Gasteiger partial charge >= 0.3 is 0 Å². The molecule has 126 valence electrons. The number of phenols is 1. The number of ether oxygens (including phenoxy) is 2. The average molecular weight is 440 g/mol. The number of para-hydroxylation sites is 1. The fourth-order valence-corrected chi connectivity index (χ4v) is 2.52. The predicted octanol–water partition coefficient (Wildman–Crippen LogP) is 2.84. The zero-order valence-corrected chi connectivity index (χ0v) is 15.4. The molecular formula is C17H17IN2O4. The van der Waals surface area contributed by atoms with Crippen LogP contribution in [0.15, 0.2) is 41.5 Å². The van der Waals surface area contributed by atoms with E-state index >= 15 is 0 Å². The number of phenolic OH excluding ortho intramolecular Hbond substituents is 1. The summed E-state index contributed by atoms with van der Waals surface area (Å²) < 4.78 is 11.1. The molecule has 7 heteroatoms. The zero-order valence-electron chi connectivity index (χ0n) is 13.2. The molecule has 1 amide bonds. The van der Waals surface area contributed by atoms with Crippen molar-refractivity contribution < 1.29 is 19.4 Å². The molecule has 0 saturated carbocycles. The van der Waals surface area contributed by atoms with Crippen LogP contribution in [-0.4, -0.2) is 30.9 Å². The maximum Gasteiger partial charge on any atom is 0.277 e. The number of hydrazone groups is 1. The van der Waals surface area contributed by atoms with Crippen LogP contribution in [0.4, 0.5) is 0 Å². The summed E-state index contributed by atoms with van der Waals surface area (Å²) in [6, 6.07) is 10.8. The van der Waals surface area contributed by atoms with Crippen LogP contribution >= 0.6 is 22.6 Å². The molecule has 0 aliphatic rings. The van der Waals surface area contributed by atoms with Gasteiger partial charge in [-0.1, -0.05) is 18.2 Å². The Hall–Kier alpha value is -2.29. The van der Waals surface area contributed by atoms with E-state index in [-0.39, 0.29) is 18.3 Å².